The van der Waals surface area contributed by atoms with Crippen molar-refractivity contribution in [3.63, 3.8) is 0 Å². The molecule has 1 atom stereocenters. The molecule has 2 heteroatoms. The summed E-state index contributed by atoms with van der Waals surface area (Å²) in [6.07, 6.45) is 0.996. The van der Waals surface area contributed by atoms with Gasteiger partial charge in [0.1, 0.15) is 0 Å². The van der Waals surface area contributed by atoms with E-state index in [0.717, 1.165) is 12.1 Å². The van der Waals surface area contributed by atoms with Gasteiger partial charge in [-0.05, 0) is 26.2 Å². The summed E-state index contributed by atoms with van der Waals surface area (Å²) in [5.41, 5.74) is 6.86. The molecule has 2 N–H and O–H groups in total. The van der Waals surface area contributed by atoms with Crippen molar-refractivity contribution in [3.05, 3.63) is 0 Å². The summed E-state index contributed by atoms with van der Waals surface area (Å²) in [6, 6.07) is 0. The minimum atomic E-state index is -0.219. The van der Waals surface area contributed by atoms with Crippen molar-refractivity contribution >= 4 is 5.71 Å². The summed E-state index contributed by atoms with van der Waals surface area (Å²) >= 11 is 0. The van der Waals surface area contributed by atoms with Gasteiger partial charge in [0, 0.05) is 12.8 Å². The lowest BCUT2D eigenvalue weighted by Gasteiger charge is -2.26. The van der Waals surface area contributed by atoms with Gasteiger partial charge in [0.05, 0.1) is 5.54 Å². The number of hydrogen-bond donors (Lipinski definition) is 1. The molecule has 0 aliphatic rings. The van der Waals surface area contributed by atoms with Crippen molar-refractivity contribution in [2.45, 2.75) is 39.7 Å². The van der Waals surface area contributed by atoms with Gasteiger partial charge in [0.25, 0.3) is 0 Å². The minimum absolute atomic E-state index is 0.219. The first-order chi connectivity index (χ1) is 4.90. The Balaban J connectivity index is 4.22. The van der Waals surface area contributed by atoms with Gasteiger partial charge >= 0.3 is 0 Å². The molecule has 0 fully saturated rings. The predicted octanol–water partition coefficient (Wildman–Crippen LogP) is 1.84. The van der Waals surface area contributed by atoms with Crippen LogP contribution in [0.15, 0.2) is 4.99 Å². The molecule has 0 aliphatic heterocycles. The summed E-state index contributed by atoms with van der Waals surface area (Å²) < 4.78 is 0. The Hall–Kier alpha value is -0.370. The molecular formula is C9H20N2. The fourth-order valence-corrected chi connectivity index (χ4v) is 1.25. The van der Waals surface area contributed by atoms with E-state index in [-0.39, 0.29) is 5.54 Å². The molecule has 0 aliphatic carbocycles. The maximum Gasteiger partial charge on any atom is 0.0510 e. The zero-order valence-electron chi connectivity index (χ0n) is 8.31. The molecule has 0 saturated heterocycles. The molecule has 11 heavy (non-hydrogen) atoms. The summed E-state index contributed by atoms with van der Waals surface area (Å²) in [4.78, 5) is 4.10. The van der Waals surface area contributed by atoms with Gasteiger partial charge in [-0.2, -0.15) is 0 Å². The molecule has 0 aromatic carbocycles. The Morgan fingerprint density at radius 1 is 1.55 bits per heavy atom. The Labute approximate surface area is 69.9 Å². The van der Waals surface area contributed by atoms with Crippen molar-refractivity contribution in [2.75, 3.05) is 7.05 Å². The predicted molar refractivity (Wildman–Crippen MR) is 51.1 cm³/mol. The van der Waals surface area contributed by atoms with E-state index >= 15 is 0 Å². The normalized spacial score (nSPS) is 18.6. The maximum atomic E-state index is 6.04. The van der Waals surface area contributed by atoms with Crippen molar-refractivity contribution in [1.29, 1.82) is 0 Å². The first-order valence-electron chi connectivity index (χ1n) is 4.13. The lowest BCUT2D eigenvalue weighted by molar-refractivity contribution is 0.460. The first kappa shape index (κ1) is 10.6. The van der Waals surface area contributed by atoms with Crippen LogP contribution in [0.2, 0.25) is 0 Å². The lowest BCUT2D eigenvalue weighted by atomic mass is 9.88. The topological polar surface area (TPSA) is 38.4 Å². The number of hydrogen-bond acceptors (Lipinski definition) is 2. The summed E-state index contributed by atoms with van der Waals surface area (Å²) in [5.74, 6) is 0.627. The highest BCUT2D eigenvalue weighted by Crippen LogP contribution is 2.14. The van der Waals surface area contributed by atoms with Crippen LogP contribution in [0.3, 0.4) is 0 Å². The Morgan fingerprint density at radius 3 is 2.27 bits per heavy atom. The Morgan fingerprint density at radius 2 is 2.00 bits per heavy atom. The lowest BCUT2D eigenvalue weighted by Crippen LogP contribution is -2.44. The van der Waals surface area contributed by atoms with Gasteiger partial charge in [-0.1, -0.05) is 13.8 Å². The van der Waals surface area contributed by atoms with Crippen LogP contribution in [0.5, 0.6) is 0 Å². The molecule has 0 saturated carbocycles. The molecule has 66 valence electrons. The van der Waals surface area contributed by atoms with Crippen LogP contribution >= 0.6 is 0 Å². The molecule has 0 heterocycles. The highest BCUT2D eigenvalue weighted by Gasteiger charge is 2.22. The highest BCUT2D eigenvalue weighted by molar-refractivity contribution is 5.90. The molecule has 0 spiro atoms. The Bertz CT molecular complexity index is 146. The summed E-state index contributed by atoms with van der Waals surface area (Å²) in [7, 11) is 1.79. The minimum Gasteiger partial charge on any atom is -0.321 e. The Kier molecular flexibility index (Phi) is 3.73. The SMILES string of the molecule is CN=C(C)C(C)(N)CC(C)C. The second kappa shape index (κ2) is 3.86. The first-order valence-corrected chi connectivity index (χ1v) is 4.13. The molecular weight excluding hydrogens is 136 g/mol. The third kappa shape index (κ3) is 3.51. The second-order valence-electron chi connectivity index (χ2n) is 3.82. The standard InChI is InChI=1S/C9H20N2/c1-7(2)6-9(4,10)8(3)11-5/h7H,6,10H2,1-5H3. The van der Waals surface area contributed by atoms with E-state index in [1.165, 1.54) is 0 Å². The molecule has 2 nitrogen and oxygen atoms in total. The van der Waals surface area contributed by atoms with E-state index in [9.17, 15) is 0 Å². The quantitative estimate of drug-likeness (QED) is 0.622. The summed E-state index contributed by atoms with van der Waals surface area (Å²) in [6.45, 7) is 8.37. The zero-order chi connectivity index (χ0) is 9.07. The monoisotopic (exact) mass is 156 g/mol. The number of rotatable bonds is 3. The second-order valence-corrected chi connectivity index (χ2v) is 3.82. The average Bonchev–Trinajstić information content (AvgIpc) is 1.83. The summed E-state index contributed by atoms with van der Waals surface area (Å²) in [5, 5.41) is 0. The number of nitrogens with two attached hydrogens (primary N) is 1. The van der Waals surface area contributed by atoms with Crippen molar-refractivity contribution < 1.29 is 0 Å². The fourth-order valence-electron chi connectivity index (χ4n) is 1.25. The third-order valence-electron chi connectivity index (χ3n) is 1.99. The fraction of sp³-hybridized carbons (Fsp3) is 0.889. The highest BCUT2D eigenvalue weighted by atomic mass is 14.8. The molecule has 1 unspecified atom stereocenters. The largest absolute Gasteiger partial charge is 0.321 e. The van der Waals surface area contributed by atoms with Crippen molar-refractivity contribution in [1.82, 2.24) is 0 Å². The van der Waals surface area contributed by atoms with E-state index < -0.39 is 0 Å². The molecule has 0 bridgehead atoms. The number of aliphatic imine (C=N–C) groups is 1. The average molecular weight is 156 g/mol. The molecule has 0 amide bonds. The third-order valence-corrected chi connectivity index (χ3v) is 1.99. The maximum absolute atomic E-state index is 6.04. The van der Waals surface area contributed by atoms with Crippen molar-refractivity contribution in [3.8, 4) is 0 Å². The van der Waals surface area contributed by atoms with Crippen LogP contribution in [0.25, 0.3) is 0 Å². The number of nitrogens with zero attached hydrogens (tertiary/aromatic N) is 1. The van der Waals surface area contributed by atoms with Crippen LogP contribution in [-0.2, 0) is 0 Å². The van der Waals surface area contributed by atoms with Gasteiger partial charge in [-0.15, -0.1) is 0 Å². The smallest absolute Gasteiger partial charge is 0.0510 e. The van der Waals surface area contributed by atoms with E-state index in [0.29, 0.717) is 5.92 Å². The van der Waals surface area contributed by atoms with Gasteiger partial charge in [-0.25, -0.2) is 0 Å². The van der Waals surface area contributed by atoms with Gasteiger partial charge in [0.2, 0.25) is 0 Å². The zero-order valence-corrected chi connectivity index (χ0v) is 8.31. The van der Waals surface area contributed by atoms with Crippen LogP contribution in [0.1, 0.15) is 34.1 Å². The van der Waals surface area contributed by atoms with Gasteiger partial charge in [-0.3, -0.25) is 4.99 Å². The van der Waals surface area contributed by atoms with Crippen molar-refractivity contribution in [2.24, 2.45) is 16.6 Å². The van der Waals surface area contributed by atoms with Gasteiger partial charge < -0.3 is 5.73 Å². The van der Waals surface area contributed by atoms with Crippen LogP contribution < -0.4 is 5.73 Å². The van der Waals surface area contributed by atoms with Gasteiger partial charge in [0.15, 0.2) is 0 Å². The molecule has 0 aromatic rings. The molecule has 0 radical (unpaired) electrons. The van der Waals surface area contributed by atoms with E-state index in [1.807, 2.05) is 13.8 Å². The molecule has 0 rings (SSSR count). The van der Waals surface area contributed by atoms with Crippen LogP contribution in [-0.4, -0.2) is 18.3 Å². The van der Waals surface area contributed by atoms with E-state index in [1.54, 1.807) is 7.05 Å². The molecule has 0 aromatic heterocycles. The van der Waals surface area contributed by atoms with Crippen LogP contribution in [0, 0.1) is 5.92 Å². The van der Waals surface area contributed by atoms with E-state index in [4.69, 9.17) is 5.73 Å². The van der Waals surface area contributed by atoms with E-state index in [2.05, 4.69) is 18.8 Å². The van der Waals surface area contributed by atoms with Crippen LogP contribution in [0.4, 0.5) is 0 Å².